The minimum absolute atomic E-state index is 0. The standard InChI is InChI=1S/C10H12F2N2.ClH/c11-7-1-2-8(9(12)5-7)10-6-13-3-4-14-10;/h1-2,5,10,13-14H,3-4,6H2;1H. The molecule has 5 heteroatoms. The summed E-state index contributed by atoms with van der Waals surface area (Å²) >= 11 is 0. The van der Waals surface area contributed by atoms with E-state index >= 15 is 0 Å². The summed E-state index contributed by atoms with van der Waals surface area (Å²) in [5.41, 5.74) is 0.526. The van der Waals surface area contributed by atoms with Gasteiger partial charge in [-0.1, -0.05) is 6.07 Å². The van der Waals surface area contributed by atoms with Crippen LogP contribution < -0.4 is 10.6 Å². The smallest absolute Gasteiger partial charge is 0.130 e. The highest BCUT2D eigenvalue weighted by atomic mass is 35.5. The van der Waals surface area contributed by atoms with Crippen molar-refractivity contribution in [3.05, 3.63) is 35.4 Å². The molecule has 1 saturated heterocycles. The molecule has 1 fully saturated rings. The summed E-state index contributed by atoms with van der Waals surface area (Å²) in [6.07, 6.45) is 0. The highest BCUT2D eigenvalue weighted by Gasteiger charge is 2.17. The van der Waals surface area contributed by atoms with Crippen LogP contribution in [0.2, 0.25) is 0 Å². The Kier molecular flexibility index (Phi) is 4.45. The molecular formula is C10H13ClF2N2. The van der Waals surface area contributed by atoms with Crippen molar-refractivity contribution in [1.82, 2.24) is 10.6 Å². The molecule has 1 unspecified atom stereocenters. The molecule has 0 aromatic heterocycles. The zero-order valence-corrected chi connectivity index (χ0v) is 8.91. The van der Waals surface area contributed by atoms with Gasteiger partial charge < -0.3 is 10.6 Å². The average molecular weight is 235 g/mol. The van der Waals surface area contributed by atoms with E-state index in [0.717, 1.165) is 19.2 Å². The number of rotatable bonds is 1. The monoisotopic (exact) mass is 234 g/mol. The fourth-order valence-corrected chi connectivity index (χ4v) is 1.66. The van der Waals surface area contributed by atoms with Gasteiger partial charge in [-0.25, -0.2) is 8.78 Å². The number of piperazine rings is 1. The Bertz CT molecular complexity index is 327. The summed E-state index contributed by atoms with van der Waals surface area (Å²) < 4.78 is 26.0. The molecule has 1 aliphatic heterocycles. The van der Waals surface area contributed by atoms with Crippen LogP contribution in [0.15, 0.2) is 18.2 Å². The van der Waals surface area contributed by atoms with Crippen molar-refractivity contribution in [2.75, 3.05) is 19.6 Å². The van der Waals surface area contributed by atoms with Gasteiger partial charge in [-0.2, -0.15) is 0 Å². The summed E-state index contributed by atoms with van der Waals surface area (Å²) in [7, 11) is 0. The number of nitrogens with one attached hydrogen (secondary N) is 2. The molecule has 0 amide bonds. The Morgan fingerprint density at radius 3 is 2.60 bits per heavy atom. The summed E-state index contributed by atoms with van der Waals surface area (Å²) in [4.78, 5) is 0. The van der Waals surface area contributed by atoms with E-state index in [0.29, 0.717) is 12.1 Å². The quantitative estimate of drug-likeness (QED) is 0.772. The van der Waals surface area contributed by atoms with Gasteiger partial charge in [0.2, 0.25) is 0 Å². The third-order valence-corrected chi connectivity index (χ3v) is 2.38. The summed E-state index contributed by atoms with van der Waals surface area (Å²) in [6.45, 7) is 2.38. The molecule has 2 rings (SSSR count). The Labute approximate surface area is 93.5 Å². The lowest BCUT2D eigenvalue weighted by Gasteiger charge is -2.25. The maximum absolute atomic E-state index is 13.3. The predicted octanol–water partition coefficient (Wildman–Crippen LogP) is 1.62. The average Bonchev–Trinajstić information content (AvgIpc) is 2.19. The van der Waals surface area contributed by atoms with Gasteiger partial charge in [0, 0.05) is 37.3 Å². The Morgan fingerprint density at radius 1 is 1.20 bits per heavy atom. The molecule has 1 heterocycles. The van der Waals surface area contributed by atoms with Crippen molar-refractivity contribution in [3.8, 4) is 0 Å². The topological polar surface area (TPSA) is 24.1 Å². The SMILES string of the molecule is Cl.Fc1ccc(C2CNCCN2)c(F)c1. The van der Waals surface area contributed by atoms with E-state index in [2.05, 4.69) is 10.6 Å². The summed E-state index contributed by atoms with van der Waals surface area (Å²) in [5, 5.41) is 6.32. The van der Waals surface area contributed by atoms with Gasteiger partial charge in [0.05, 0.1) is 0 Å². The normalized spacial score (nSPS) is 20.8. The van der Waals surface area contributed by atoms with Gasteiger partial charge in [-0.3, -0.25) is 0 Å². The lowest BCUT2D eigenvalue weighted by Crippen LogP contribution is -2.42. The van der Waals surface area contributed by atoms with E-state index in [1.165, 1.54) is 12.1 Å². The molecular weight excluding hydrogens is 222 g/mol. The molecule has 2 nitrogen and oxygen atoms in total. The molecule has 0 saturated carbocycles. The second kappa shape index (κ2) is 5.39. The van der Waals surface area contributed by atoms with Crippen molar-refractivity contribution >= 4 is 12.4 Å². The van der Waals surface area contributed by atoms with Crippen molar-refractivity contribution in [1.29, 1.82) is 0 Å². The molecule has 2 N–H and O–H groups in total. The number of benzene rings is 1. The van der Waals surface area contributed by atoms with E-state index in [-0.39, 0.29) is 18.4 Å². The first-order valence-electron chi connectivity index (χ1n) is 4.66. The van der Waals surface area contributed by atoms with E-state index in [1.54, 1.807) is 0 Å². The van der Waals surface area contributed by atoms with Crippen LogP contribution >= 0.6 is 12.4 Å². The van der Waals surface area contributed by atoms with Crippen molar-refractivity contribution in [2.45, 2.75) is 6.04 Å². The zero-order valence-electron chi connectivity index (χ0n) is 8.09. The lowest BCUT2D eigenvalue weighted by molar-refractivity contribution is 0.415. The first-order chi connectivity index (χ1) is 6.77. The molecule has 0 spiro atoms. The van der Waals surface area contributed by atoms with E-state index in [9.17, 15) is 8.78 Å². The molecule has 0 bridgehead atoms. The van der Waals surface area contributed by atoms with Crippen molar-refractivity contribution in [3.63, 3.8) is 0 Å². The van der Waals surface area contributed by atoms with Crippen LogP contribution in [-0.2, 0) is 0 Å². The molecule has 1 aromatic rings. The van der Waals surface area contributed by atoms with Crippen LogP contribution in [0.4, 0.5) is 8.78 Å². The maximum Gasteiger partial charge on any atom is 0.130 e. The molecule has 1 atom stereocenters. The third-order valence-electron chi connectivity index (χ3n) is 2.38. The molecule has 0 aliphatic carbocycles. The molecule has 1 aromatic carbocycles. The fraction of sp³-hybridized carbons (Fsp3) is 0.400. The molecule has 15 heavy (non-hydrogen) atoms. The van der Waals surface area contributed by atoms with Gasteiger partial charge in [0.25, 0.3) is 0 Å². The fourth-order valence-electron chi connectivity index (χ4n) is 1.66. The summed E-state index contributed by atoms with van der Waals surface area (Å²) in [5.74, 6) is -1.01. The van der Waals surface area contributed by atoms with Crippen LogP contribution in [-0.4, -0.2) is 19.6 Å². The van der Waals surface area contributed by atoms with E-state index in [4.69, 9.17) is 0 Å². The van der Waals surface area contributed by atoms with Crippen LogP contribution in [0.25, 0.3) is 0 Å². The zero-order chi connectivity index (χ0) is 9.97. The van der Waals surface area contributed by atoms with Gasteiger partial charge in [0.1, 0.15) is 11.6 Å². The highest BCUT2D eigenvalue weighted by molar-refractivity contribution is 5.85. The second-order valence-corrected chi connectivity index (χ2v) is 3.38. The van der Waals surface area contributed by atoms with E-state index in [1.807, 2.05) is 0 Å². The highest BCUT2D eigenvalue weighted by Crippen LogP contribution is 2.18. The first kappa shape index (κ1) is 12.4. The Hall–Kier alpha value is -0.710. The second-order valence-electron chi connectivity index (χ2n) is 3.38. The minimum atomic E-state index is -0.532. The van der Waals surface area contributed by atoms with Crippen LogP contribution in [0, 0.1) is 11.6 Å². The third kappa shape index (κ3) is 2.87. The Morgan fingerprint density at radius 2 is 2.00 bits per heavy atom. The van der Waals surface area contributed by atoms with Crippen LogP contribution in [0.5, 0.6) is 0 Å². The lowest BCUT2D eigenvalue weighted by atomic mass is 10.0. The molecule has 1 aliphatic rings. The number of halogens is 3. The van der Waals surface area contributed by atoms with Crippen molar-refractivity contribution in [2.24, 2.45) is 0 Å². The van der Waals surface area contributed by atoms with E-state index < -0.39 is 11.6 Å². The maximum atomic E-state index is 13.3. The minimum Gasteiger partial charge on any atom is -0.314 e. The molecule has 0 radical (unpaired) electrons. The molecule has 84 valence electrons. The predicted molar refractivity (Wildman–Crippen MR) is 57.2 cm³/mol. The first-order valence-corrected chi connectivity index (χ1v) is 4.66. The van der Waals surface area contributed by atoms with Gasteiger partial charge in [0.15, 0.2) is 0 Å². The van der Waals surface area contributed by atoms with Gasteiger partial charge >= 0.3 is 0 Å². The largest absolute Gasteiger partial charge is 0.314 e. The number of hydrogen-bond donors (Lipinski definition) is 2. The Balaban J connectivity index is 0.00000112. The number of hydrogen-bond acceptors (Lipinski definition) is 2. The van der Waals surface area contributed by atoms with Crippen molar-refractivity contribution < 1.29 is 8.78 Å². The van der Waals surface area contributed by atoms with Gasteiger partial charge in [-0.15, -0.1) is 12.4 Å². The van der Waals surface area contributed by atoms with Gasteiger partial charge in [-0.05, 0) is 6.07 Å². The summed E-state index contributed by atoms with van der Waals surface area (Å²) in [6, 6.07) is 3.65. The van der Waals surface area contributed by atoms with Crippen LogP contribution in [0.1, 0.15) is 11.6 Å². The van der Waals surface area contributed by atoms with Crippen LogP contribution in [0.3, 0.4) is 0 Å².